The van der Waals surface area contributed by atoms with E-state index in [1.165, 1.54) is 27.2 Å². The molecule has 5 heteroatoms. The third-order valence-electron chi connectivity index (χ3n) is 15.0. The molecule has 0 unspecified atom stereocenters. The van der Waals surface area contributed by atoms with Gasteiger partial charge in [0.05, 0.1) is 22.7 Å². The molecule has 0 radical (unpaired) electrons. The van der Waals surface area contributed by atoms with Crippen LogP contribution in [0.15, 0.2) is 241 Å². The van der Waals surface area contributed by atoms with E-state index in [1.807, 2.05) is 66.7 Å². The van der Waals surface area contributed by atoms with Gasteiger partial charge in [0.15, 0.2) is 5.58 Å². The van der Waals surface area contributed by atoms with Gasteiger partial charge in [0.1, 0.15) is 19.5 Å². The van der Waals surface area contributed by atoms with Crippen molar-refractivity contribution in [2.24, 2.45) is 0 Å². The van der Waals surface area contributed by atoms with E-state index in [4.69, 9.17) is 4.42 Å². The van der Waals surface area contributed by atoms with E-state index in [9.17, 15) is 0 Å². The topological polar surface area (TPSA) is 19.6 Å². The Morgan fingerprint density at radius 2 is 0.958 bits per heavy atom. The Morgan fingerprint density at radius 3 is 1.69 bits per heavy atom. The van der Waals surface area contributed by atoms with Gasteiger partial charge in [-0.15, -0.1) is 0 Å². The van der Waals surface area contributed by atoms with Crippen LogP contribution in [0.3, 0.4) is 0 Å². The minimum Gasteiger partial charge on any atom is -0.454 e. The second kappa shape index (κ2) is 15.9. The molecule has 0 aliphatic carbocycles. The zero-order valence-electron chi connectivity index (χ0n) is 39.2. The van der Waals surface area contributed by atoms with Crippen LogP contribution in [0.5, 0.6) is 0 Å². The summed E-state index contributed by atoms with van der Waals surface area (Å²) < 4.78 is 25.0. The number of fused-ring (bicyclic) bond motifs is 6. The molecule has 2 heterocycles. The maximum Gasteiger partial charge on any atom is 0.159 e. The molecular formula is C66H45FN2OSi. The normalized spacial score (nSPS) is 12.8. The molecular weight excluding hydrogens is 884 g/mol. The van der Waals surface area contributed by atoms with Gasteiger partial charge < -0.3 is 14.2 Å². The quantitative estimate of drug-likeness (QED) is 0.112. The van der Waals surface area contributed by atoms with Crippen LogP contribution < -0.4 is 20.2 Å². The van der Waals surface area contributed by atoms with Crippen LogP contribution in [0.4, 0.5) is 38.5 Å². The van der Waals surface area contributed by atoms with Gasteiger partial charge in [-0.05, 0) is 114 Å². The predicted molar refractivity (Wildman–Crippen MR) is 300 cm³/mol. The average molecular weight is 929 g/mol. The summed E-state index contributed by atoms with van der Waals surface area (Å²) in [5.41, 5.74) is 13.0. The molecule has 0 amide bonds. The van der Waals surface area contributed by atoms with E-state index in [2.05, 4.69) is 187 Å². The van der Waals surface area contributed by atoms with Crippen molar-refractivity contribution in [2.75, 3.05) is 9.80 Å². The number of benzene rings is 12. The summed E-state index contributed by atoms with van der Waals surface area (Å²) >= 11 is 0. The van der Waals surface area contributed by atoms with E-state index in [0.29, 0.717) is 11.3 Å². The van der Waals surface area contributed by atoms with Gasteiger partial charge in [-0.2, -0.15) is 0 Å². The third kappa shape index (κ3) is 6.26. The number of hydrogen-bond acceptors (Lipinski definition) is 3. The highest BCUT2D eigenvalue weighted by Crippen LogP contribution is 2.52. The highest BCUT2D eigenvalue weighted by molar-refractivity contribution is 7.04. The molecule has 336 valence electrons. The summed E-state index contributed by atoms with van der Waals surface area (Å²) in [4.78, 5) is 4.62. The molecule has 0 saturated heterocycles. The summed E-state index contributed by atoms with van der Waals surface area (Å²) in [7, 11) is -2.14. The maximum absolute atomic E-state index is 18.1. The van der Waals surface area contributed by atoms with Gasteiger partial charge in [-0.25, -0.2) is 4.39 Å². The van der Waals surface area contributed by atoms with Crippen molar-refractivity contribution in [3.63, 3.8) is 0 Å². The van der Waals surface area contributed by atoms with Crippen LogP contribution in [-0.2, 0) is 0 Å². The largest absolute Gasteiger partial charge is 0.454 e. The lowest BCUT2D eigenvalue weighted by Crippen LogP contribution is -2.50. The van der Waals surface area contributed by atoms with E-state index in [-0.39, 0.29) is 5.82 Å². The molecule has 12 aromatic carbocycles. The number of hydrogen-bond donors (Lipinski definition) is 0. The molecule has 1 aromatic heterocycles. The lowest BCUT2D eigenvalue weighted by molar-refractivity contribution is 0.629. The van der Waals surface area contributed by atoms with Gasteiger partial charge in [-0.3, -0.25) is 0 Å². The standard InChI is InChI=1S/C66H45FN2OSi/c1-71(2)61-31-15-13-25-49(61)51-27-17-29-59(66(51)71)68(47-22-10-5-11-23-47)56-38-34-44-33-37-53-57(39-35-45-32-36-52(56)62(44)63(45)53)69(58-28-16-26-50-48-24-12-14-30-60(48)70-65(50)58)64-54(43-20-8-4-9-21-43)40-46(41-55(64)67)42-18-6-3-7-19-42/h3-41H,1-2H3. The number of rotatable bonds is 8. The fraction of sp³-hybridized carbons (Fsp3) is 0.0303. The van der Waals surface area contributed by atoms with E-state index < -0.39 is 8.07 Å². The van der Waals surface area contributed by atoms with Crippen molar-refractivity contribution in [1.29, 1.82) is 0 Å². The zero-order valence-corrected chi connectivity index (χ0v) is 40.2. The van der Waals surface area contributed by atoms with Crippen molar-refractivity contribution < 1.29 is 8.81 Å². The highest BCUT2D eigenvalue weighted by Gasteiger charge is 2.41. The van der Waals surface area contributed by atoms with Crippen LogP contribution in [0.25, 0.3) is 87.6 Å². The molecule has 71 heavy (non-hydrogen) atoms. The molecule has 3 nitrogen and oxygen atoms in total. The van der Waals surface area contributed by atoms with Crippen molar-refractivity contribution in [3.05, 3.63) is 242 Å². The first kappa shape index (κ1) is 41.2. The van der Waals surface area contributed by atoms with E-state index in [1.54, 1.807) is 6.07 Å². The first-order chi connectivity index (χ1) is 34.9. The van der Waals surface area contributed by atoms with Crippen LogP contribution in [0.2, 0.25) is 13.1 Å². The first-order valence-electron chi connectivity index (χ1n) is 24.4. The van der Waals surface area contributed by atoms with E-state index in [0.717, 1.165) is 93.7 Å². The molecule has 0 N–H and O–H groups in total. The molecule has 0 fully saturated rings. The predicted octanol–water partition coefficient (Wildman–Crippen LogP) is 17.7. The number of anilines is 6. The smallest absolute Gasteiger partial charge is 0.159 e. The van der Waals surface area contributed by atoms with Gasteiger partial charge in [0.25, 0.3) is 0 Å². The van der Waals surface area contributed by atoms with Gasteiger partial charge in [-0.1, -0.05) is 195 Å². The Labute approximate surface area is 412 Å². The molecule has 0 bridgehead atoms. The molecule has 0 spiro atoms. The maximum atomic E-state index is 18.1. The summed E-state index contributed by atoms with van der Waals surface area (Å²) in [6.45, 7) is 4.99. The number of halogens is 1. The Balaban J connectivity index is 1.06. The third-order valence-corrected chi connectivity index (χ3v) is 18.6. The van der Waals surface area contributed by atoms with Crippen molar-refractivity contribution in [3.8, 4) is 33.4 Å². The summed E-state index contributed by atoms with van der Waals surface area (Å²) in [5.74, 6) is -0.339. The number of para-hydroxylation sites is 3. The van der Waals surface area contributed by atoms with Crippen LogP contribution in [0.1, 0.15) is 0 Å². The SMILES string of the molecule is C[Si]1(C)c2ccccc2-c2cccc(N(c3ccccc3)c3ccc4ccc5c(N(c6c(F)cc(-c7ccccc7)cc6-c6ccccc6)c6cccc7c6oc6ccccc67)ccc6ccc3c4c65)c21. The molecule has 14 rings (SSSR count). The highest BCUT2D eigenvalue weighted by atomic mass is 28.3. The van der Waals surface area contributed by atoms with Crippen LogP contribution >= 0.6 is 0 Å². The molecule has 1 aliphatic heterocycles. The minimum atomic E-state index is -2.14. The summed E-state index contributed by atoms with van der Waals surface area (Å²) in [6, 6.07) is 83.1. The Kier molecular flexibility index (Phi) is 9.22. The first-order valence-corrected chi connectivity index (χ1v) is 27.4. The number of furan rings is 1. The Morgan fingerprint density at radius 1 is 0.394 bits per heavy atom. The second-order valence-corrected chi connectivity index (χ2v) is 23.6. The molecule has 0 saturated carbocycles. The summed E-state index contributed by atoms with van der Waals surface area (Å²) in [5, 5.41) is 11.6. The van der Waals surface area contributed by atoms with Crippen molar-refractivity contribution in [1.82, 2.24) is 0 Å². The fourth-order valence-electron chi connectivity index (χ4n) is 11.9. The molecule has 0 atom stereocenters. The Bertz CT molecular complexity index is 4220. The molecule has 13 aromatic rings. The van der Waals surface area contributed by atoms with E-state index >= 15 is 4.39 Å². The molecule has 1 aliphatic rings. The fourth-order valence-corrected chi connectivity index (χ4v) is 15.3. The van der Waals surface area contributed by atoms with Gasteiger partial charge in [0.2, 0.25) is 0 Å². The van der Waals surface area contributed by atoms with Crippen molar-refractivity contribution >= 4 is 107 Å². The van der Waals surface area contributed by atoms with Crippen molar-refractivity contribution in [2.45, 2.75) is 13.1 Å². The lowest BCUT2D eigenvalue weighted by Gasteiger charge is -2.33. The van der Waals surface area contributed by atoms with Gasteiger partial charge >= 0.3 is 0 Å². The monoisotopic (exact) mass is 928 g/mol. The summed E-state index contributed by atoms with van der Waals surface area (Å²) in [6.07, 6.45) is 0. The van der Waals surface area contributed by atoms with Crippen LogP contribution in [-0.4, -0.2) is 8.07 Å². The number of nitrogens with zero attached hydrogens (tertiary/aromatic N) is 2. The minimum absolute atomic E-state index is 0.339. The van der Waals surface area contributed by atoms with Gasteiger partial charge in [0, 0.05) is 38.5 Å². The average Bonchev–Trinajstić information content (AvgIpc) is 3.92. The van der Waals surface area contributed by atoms with Crippen LogP contribution in [0, 0.1) is 5.82 Å². The lowest BCUT2D eigenvalue weighted by atomic mass is 9.91. The Hall–Kier alpha value is -8.77. The zero-order chi connectivity index (χ0) is 47.4. The second-order valence-electron chi connectivity index (χ2n) is 19.3.